The highest BCUT2D eigenvalue weighted by Gasteiger charge is 2.29. The summed E-state index contributed by atoms with van der Waals surface area (Å²) in [4.78, 5) is 14.2. The van der Waals surface area contributed by atoms with Gasteiger partial charge in [-0.25, -0.2) is 8.78 Å². The molecule has 31 heavy (non-hydrogen) atoms. The van der Waals surface area contributed by atoms with Gasteiger partial charge in [-0.1, -0.05) is 30.3 Å². The average Bonchev–Trinajstić information content (AvgIpc) is 3.22. The summed E-state index contributed by atoms with van der Waals surface area (Å²) in [6.45, 7) is 1.11. The SMILES string of the molecule is O=C(c1cc(F)ccc1F)N1CCc2[nH]nc(C(O)NCCCc3ccccc3)c2C1. The predicted molar refractivity (Wildman–Crippen MR) is 111 cm³/mol. The topological polar surface area (TPSA) is 81.2 Å². The molecular formula is C23H24F2N4O2. The van der Waals surface area contributed by atoms with Crippen LogP contribution in [0.25, 0.3) is 0 Å². The molecule has 4 rings (SSSR count). The van der Waals surface area contributed by atoms with Crippen molar-refractivity contribution in [1.82, 2.24) is 20.4 Å². The predicted octanol–water partition coefficient (Wildman–Crippen LogP) is 3.10. The van der Waals surface area contributed by atoms with Gasteiger partial charge in [-0.3, -0.25) is 15.2 Å². The highest BCUT2D eigenvalue weighted by Crippen LogP contribution is 2.25. The first-order valence-electron chi connectivity index (χ1n) is 10.3. The highest BCUT2D eigenvalue weighted by molar-refractivity contribution is 5.94. The Kier molecular flexibility index (Phi) is 6.39. The molecule has 3 N–H and O–H groups in total. The number of hydrogen-bond acceptors (Lipinski definition) is 4. The van der Waals surface area contributed by atoms with Gasteiger partial charge in [0.1, 0.15) is 23.6 Å². The van der Waals surface area contributed by atoms with Crippen LogP contribution >= 0.6 is 0 Å². The number of aliphatic hydroxyl groups is 1. The minimum atomic E-state index is -0.989. The highest BCUT2D eigenvalue weighted by atomic mass is 19.1. The second kappa shape index (κ2) is 9.36. The molecule has 1 aliphatic heterocycles. The summed E-state index contributed by atoms with van der Waals surface area (Å²) in [5.74, 6) is -2.01. The van der Waals surface area contributed by atoms with Crippen LogP contribution < -0.4 is 5.32 Å². The molecule has 0 radical (unpaired) electrons. The minimum absolute atomic E-state index is 0.165. The van der Waals surface area contributed by atoms with Crippen molar-refractivity contribution >= 4 is 5.91 Å². The molecule has 162 valence electrons. The summed E-state index contributed by atoms with van der Waals surface area (Å²) in [5, 5.41) is 20.8. The number of nitrogens with zero attached hydrogens (tertiary/aromatic N) is 2. The van der Waals surface area contributed by atoms with Crippen molar-refractivity contribution in [2.75, 3.05) is 13.1 Å². The molecule has 0 spiro atoms. The van der Waals surface area contributed by atoms with Gasteiger partial charge in [0.15, 0.2) is 0 Å². The number of aromatic nitrogens is 2. The molecule has 2 aromatic carbocycles. The molecule has 8 heteroatoms. The Hall–Kier alpha value is -3.10. The number of fused-ring (bicyclic) bond motifs is 1. The first-order valence-corrected chi connectivity index (χ1v) is 10.3. The zero-order chi connectivity index (χ0) is 21.8. The van der Waals surface area contributed by atoms with E-state index in [4.69, 9.17) is 0 Å². The van der Waals surface area contributed by atoms with Crippen molar-refractivity contribution in [2.24, 2.45) is 0 Å². The third kappa shape index (κ3) is 4.81. The number of hydrogen-bond donors (Lipinski definition) is 3. The summed E-state index contributed by atoms with van der Waals surface area (Å²) in [6, 6.07) is 12.9. The Bertz CT molecular complexity index is 1050. The van der Waals surface area contributed by atoms with Gasteiger partial charge in [0.2, 0.25) is 0 Å². The normalized spacial score (nSPS) is 14.4. The van der Waals surface area contributed by atoms with Crippen LogP contribution in [0.15, 0.2) is 48.5 Å². The van der Waals surface area contributed by atoms with Gasteiger partial charge < -0.3 is 10.0 Å². The quantitative estimate of drug-likeness (QED) is 0.401. The minimum Gasteiger partial charge on any atom is -0.373 e. The summed E-state index contributed by atoms with van der Waals surface area (Å²) in [6.07, 6.45) is 1.24. The number of amides is 1. The number of rotatable bonds is 7. The molecule has 1 unspecified atom stereocenters. The number of aromatic amines is 1. The molecule has 2 heterocycles. The van der Waals surface area contributed by atoms with Crippen molar-refractivity contribution in [2.45, 2.75) is 32.0 Å². The van der Waals surface area contributed by atoms with Crippen LogP contribution in [-0.2, 0) is 19.4 Å². The molecule has 6 nitrogen and oxygen atoms in total. The van der Waals surface area contributed by atoms with Gasteiger partial charge >= 0.3 is 0 Å². The number of aliphatic hydroxyl groups excluding tert-OH is 1. The molecule has 1 atom stereocenters. The number of benzene rings is 2. The fourth-order valence-corrected chi connectivity index (χ4v) is 3.82. The lowest BCUT2D eigenvalue weighted by Gasteiger charge is -2.28. The van der Waals surface area contributed by atoms with E-state index >= 15 is 0 Å². The van der Waals surface area contributed by atoms with E-state index in [1.165, 1.54) is 10.5 Å². The maximum atomic E-state index is 14.0. The lowest BCUT2D eigenvalue weighted by atomic mass is 10.0. The van der Waals surface area contributed by atoms with Gasteiger partial charge in [-0.2, -0.15) is 5.10 Å². The van der Waals surface area contributed by atoms with Crippen molar-refractivity contribution in [3.8, 4) is 0 Å². The smallest absolute Gasteiger partial charge is 0.257 e. The van der Waals surface area contributed by atoms with Crippen molar-refractivity contribution in [3.63, 3.8) is 0 Å². The Labute approximate surface area is 178 Å². The van der Waals surface area contributed by atoms with Crippen LogP contribution in [0.4, 0.5) is 8.78 Å². The van der Waals surface area contributed by atoms with E-state index < -0.39 is 23.8 Å². The van der Waals surface area contributed by atoms with E-state index in [0.29, 0.717) is 30.8 Å². The third-order valence-electron chi connectivity index (χ3n) is 5.49. The summed E-state index contributed by atoms with van der Waals surface area (Å²) >= 11 is 0. The molecule has 0 saturated heterocycles. The molecule has 0 saturated carbocycles. The van der Waals surface area contributed by atoms with Gasteiger partial charge in [0.05, 0.1) is 5.56 Å². The van der Waals surface area contributed by atoms with E-state index in [-0.39, 0.29) is 12.1 Å². The fourth-order valence-electron chi connectivity index (χ4n) is 3.82. The van der Waals surface area contributed by atoms with Crippen LogP contribution in [0.5, 0.6) is 0 Å². The van der Waals surface area contributed by atoms with Crippen molar-refractivity contribution < 1.29 is 18.7 Å². The largest absolute Gasteiger partial charge is 0.373 e. The standard InChI is InChI=1S/C23H24F2N4O2/c24-16-8-9-19(25)17(13-16)23(31)29-12-10-20-18(14-29)21(28-27-20)22(30)26-11-4-7-15-5-2-1-3-6-15/h1-3,5-6,8-9,13,22,26,30H,4,7,10-12,14H2,(H,27,28). The maximum absolute atomic E-state index is 14.0. The molecule has 1 amide bonds. The lowest BCUT2D eigenvalue weighted by molar-refractivity contribution is 0.0723. The fraction of sp³-hybridized carbons (Fsp3) is 0.304. The van der Waals surface area contributed by atoms with E-state index in [2.05, 4.69) is 27.6 Å². The third-order valence-corrected chi connectivity index (χ3v) is 5.49. The summed E-state index contributed by atoms with van der Waals surface area (Å²) < 4.78 is 27.5. The van der Waals surface area contributed by atoms with Gasteiger partial charge in [0.25, 0.3) is 5.91 Å². The number of carbonyl (C=O) groups excluding carboxylic acids is 1. The zero-order valence-electron chi connectivity index (χ0n) is 16.9. The molecule has 1 aromatic heterocycles. The molecule has 0 bridgehead atoms. The Morgan fingerprint density at radius 2 is 2.03 bits per heavy atom. The van der Waals surface area contributed by atoms with Crippen LogP contribution in [-0.4, -0.2) is 39.2 Å². The number of nitrogens with one attached hydrogen (secondary N) is 2. The van der Waals surface area contributed by atoms with E-state index in [1.54, 1.807) is 0 Å². The van der Waals surface area contributed by atoms with Crippen LogP contribution in [0, 0.1) is 11.6 Å². The van der Waals surface area contributed by atoms with E-state index in [9.17, 15) is 18.7 Å². The first-order chi connectivity index (χ1) is 15.0. The monoisotopic (exact) mass is 426 g/mol. The van der Waals surface area contributed by atoms with Gasteiger partial charge in [-0.05, 0) is 43.1 Å². The number of H-pyrrole nitrogens is 1. The second-order valence-corrected chi connectivity index (χ2v) is 7.61. The zero-order valence-corrected chi connectivity index (χ0v) is 16.9. The van der Waals surface area contributed by atoms with Crippen LogP contribution in [0.1, 0.15) is 45.5 Å². The number of aryl methyl sites for hydroxylation is 1. The first kappa shape index (κ1) is 21.1. The number of halogens is 2. The van der Waals surface area contributed by atoms with Gasteiger partial charge in [0, 0.05) is 30.8 Å². The summed E-state index contributed by atoms with van der Waals surface area (Å²) in [7, 11) is 0. The molecule has 1 aliphatic rings. The van der Waals surface area contributed by atoms with E-state index in [0.717, 1.165) is 36.7 Å². The average molecular weight is 426 g/mol. The van der Waals surface area contributed by atoms with Gasteiger partial charge in [-0.15, -0.1) is 0 Å². The molecule has 0 fully saturated rings. The Morgan fingerprint density at radius 3 is 2.84 bits per heavy atom. The summed E-state index contributed by atoms with van der Waals surface area (Å²) in [5.41, 5.74) is 2.90. The van der Waals surface area contributed by atoms with Crippen molar-refractivity contribution in [3.05, 3.63) is 88.2 Å². The molecule has 3 aromatic rings. The van der Waals surface area contributed by atoms with Crippen molar-refractivity contribution in [1.29, 1.82) is 0 Å². The lowest BCUT2D eigenvalue weighted by Crippen LogP contribution is -2.37. The molecular weight excluding hydrogens is 402 g/mol. The Balaban J connectivity index is 1.39. The van der Waals surface area contributed by atoms with Crippen LogP contribution in [0.2, 0.25) is 0 Å². The maximum Gasteiger partial charge on any atom is 0.257 e. The number of carbonyl (C=O) groups is 1. The van der Waals surface area contributed by atoms with Crippen LogP contribution in [0.3, 0.4) is 0 Å². The van der Waals surface area contributed by atoms with E-state index in [1.807, 2.05) is 18.2 Å². The second-order valence-electron chi connectivity index (χ2n) is 7.61. The molecule has 0 aliphatic carbocycles. The Morgan fingerprint density at radius 1 is 1.23 bits per heavy atom.